The van der Waals surface area contributed by atoms with Gasteiger partial charge in [0, 0.05) is 39.6 Å². The number of hydrogen-bond acceptors (Lipinski definition) is 7. The fourth-order valence-electron chi connectivity index (χ4n) is 4.60. The van der Waals surface area contributed by atoms with Gasteiger partial charge in [-0.2, -0.15) is 0 Å². The molecule has 0 aromatic heterocycles. The Bertz CT molecular complexity index is 924. The molecule has 0 amide bonds. The Hall–Kier alpha value is -2.35. The Morgan fingerprint density at radius 3 is 2.60 bits per heavy atom. The number of rotatable bonds is 13. The zero-order valence-electron chi connectivity index (χ0n) is 21.5. The Balaban J connectivity index is 1.78. The van der Waals surface area contributed by atoms with Crippen LogP contribution in [-0.4, -0.2) is 56.3 Å². The average Bonchev–Trinajstić information content (AvgIpc) is 3.23. The van der Waals surface area contributed by atoms with E-state index in [1.54, 1.807) is 7.11 Å². The van der Waals surface area contributed by atoms with Crippen LogP contribution < -0.4 is 15.2 Å². The number of cyclic esters (lactones) is 1. The second-order valence-electron chi connectivity index (χ2n) is 9.96. The van der Waals surface area contributed by atoms with Gasteiger partial charge in [0.1, 0.15) is 6.10 Å². The molecular weight excluding hydrogens is 446 g/mol. The third-order valence-corrected chi connectivity index (χ3v) is 6.86. The van der Waals surface area contributed by atoms with E-state index in [2.05, 4.69) is 32.9 Å². The van der Waals surface area contributed by atoms with Crippen molar-refractivity contribution < 1.29 is 28.8 Å². The van der Waals surface area contributed by atoms with Crippen molar-refractivity contribution in [1.82, 2.24) is 0 Å². The van der Waals surface area contributed by atoms with Gasteiger partial charge < -0.3 is 29.8 Å². The largest absolute Gasteiger partial charge is 0.490 e. The van der Waals surface area contributed by atoms with Crippen LogP contribution in [0.1, 0.15) is 52.0 Å². The molecule has 3 atom stereocenters. The van der Waals surface area contributed by atoms with E-state index in [9.17, 15) is 4.79 Å². The first-order chi connectivity index (χ1) is 16.8. The predicted molar refractivity (Wildman–Crippen MR) is 136 cm³/mol. The van der Waals surface area contributed by atoms with Gasteiger partial charge in [-0.05, 0) is 49.0 Å². The molecule has 0 unspecified atom stereocenters. The van der Waals surface area contributed by atoms with Crippen molar-refractivity contribution in [3.05, 3.63) is 47.1 Å². The van der Waals surface area contributed by atoms with Crippen LogP contribution in [0.15, 0.2) is 41.5 Å². The molecule has 2 aliphatic rings. The summed E-state index contributed by atoms with van der Waals surface area (Å²) in [5.74, 6) is 1.35. The molecule has 1 saturated heterocycles. The zero-order valence-corrected chi connectivity index (χ0v) is 21.5. The number of aliphatic hydroxyl groups excluding tert-OH is 1. The SMILES string of the molecule is COCCCOc1cc(CC2=C[C@](N)([C@@H]3C[C@@H](C(C)C)C(=O)O3)CC=C2C)ccc1OCCCO. The first-order valence-corrected chi connectivity index (χ1v) is 12.6. The first kappa shape index (κ1) is 27.2. The molecule has 0 saturated carbocycles. The summed E-state index contributed by atoms with van der Waals surface area (Å²) in [5.41, 5.74) is 9.51. The van der Waals surface area contributed by atoms with E-state index in [-0.39, 0.29) is 30.5 Å². The summed E-state index contributed by atoms with van der Waals surface area (Å²) >= 11 is 0. The Kier molecular flexibility index (Phi) is 9.78. The molecule has 3 N–H and O–H groups in total. The van der Waals surface area contributed by atoms with E-state index in [4.69, 9.17) is 29.8 Å². The van der Waals surface area contributed by atoms with Gasteiger partial charge >= 0.3 is 5.97 Å². The lowest BCUT2D eigenvalue weighted by molar-refractivity contribution is -0.146. The van der Waals surface area contributed by atoms with Gasteiger partial charge in [0.15, 0.2) is 11.5 Å². The lowest BCUT2D eigenvalue weighted by atomic mass is 9.77. The smallest absolute Gasteiger partial charge is 0.309 e. The minimum atomic E-state index is -0.707. The van der Waals surface area contributed by atoms with Crippen molar-refractivity contribution in [2.75, 3.05) is 33.5 Å². The highest BCUT2D eigenvalue weighted by atomic mass is 16.6. The van der Waals surface area contributed by atoms with Gasteiger partial charge in [-0.25, -0.2) is 0 Å². The van der Waals surface area contributed by atoms with E-state index < -0.39 is 5.54 Å². The molecule has 1 aliphatic heterocycles. The molecule has 0 spiro atoms. The van der Waals surface area contributed by atoms with Crippen molar-refractivity contribution in [3.8, 4) is 11.5 Å². The number of methoxy groups -OCH3 is 1. The Morgan fingerprint density at radius 1 is 1.17 bits per heavy atom. The minimum Gasteiger partial charge on any atom is -0.490 e. The van der Waals surface area contributed by atoms with Crippen LogP contribution in [0.4, 0.5) is 0 Å². The van der Waals surface area contributed by atoms with E-state index in [1.807, 2.05) is 18.2 Å². The van der Waals surface area contributed by atoms with Gasteiger partial charge in [-0.1, -0.05) is 37.6 Å². The molecule has 1 fully saturated rings. The summed E-state index contributed by atoms with van der Waals surface area (Å²) in [6.07, 6.45) is 7.26. The second kappa shape index (κ2) is 12.6. The number of esters is 1. The average molecular weight is 488 g/mol. The van der Waals surface area contributed by atoms with Crippen LogP contribution >= 0.6 is 0 Å². The highest BCUT2D eigenvalue weighted by molar-refractivity contribution is 5.75. The summed E-state index contributed by atoms with van der Waals surface area (Å²) in [7, 11) is 1.67. The van der Waals surface area contributed by atoms with Crippen molar-refractivity contribution >= 4 is 5.97 Å². The molecule has 0 bridgehead atoms. The molecule has 0 radical (unpaired) electrons. The number of allylic oxidation sites excluding steroid dienone is 2. The number of benzene rings is 1. The van der Waals surface area contributed by atoms with E-state index in [0.717, 1.165) is 17.6 Å². The van der Waals surface area contributed by atoms with Gasteiger partial charge in [-0.3, -0.25) is 4.79 Å². The third-order valence-electron chi connectivity index (χ3n) is 6.86. The number of aliphatic hydroxyl groups is 1. The molecular formula is C28H41NO6. The zero-order chi connectivity index (χ0) is 25.4. The molecule has 35 heavy (non-hydrogen) atoms. The lowest BCUT2D eigenvalue weighted by Crippen LogP contribution is -2.50. The van der Waals surface area contributed by atoms with E-state index in [0.29, 0.717) is 57.0 Å². The number of carbonyl (C=O) groups excluding carboxylic acids is 1. The standard InChI is InChI=1S/C28H41NO6/c1-19(2)23-17-26(35-27(23)31)28(29)10-9-20(3)22(18-28)15-21-7-8-24(33-13-5-11-30)25(16-21)34-14-6-12-32-4/h7-9,16,18-19,23,26,30H,5-6,10-15,17,29H2,1-4H3/t23-,26-,28-/m0/s1. The third kappa shape index (κ3) is 7.09. The summed E-state index contributed by atoms with van der Waals surface area (Å²) in [5, 5.41) is 9.07. The molecule has 1 aromatic carbocycles. The van der Waals surface area contributed by atoms with E-state index >= 15 is 0 Å². The fraction of sp³-hybridized carbons (Fsp3) is 0.607. The number of ether oxygens (including phenoxy) is 4. The maximum absolute atomic E-state index is 12.4. The maximum atomic E-state index is 12.4. The summed E-state index contributed by atoms with van der Waals surface area (Å²) < 4.78 is 22.7. The molecule has 1 heterocycles. The highest BCUT2D eigenvalue weighted by Crippen LogP contribution is 2.38. The summed E-state index contributed by atoms with van der Waals surface area (Å²) in [6, 6.07) is 5.95. The Morgan fingerprint density at radius 2 is 1.91 bits per heavy atom. The van der Waals surface area contributed by atoms with Gasteiger partial charge in [0.05, 0.1) is 24.7 Å². The first-order valence-electron chi connectivity index (χ1n) is 12.6. The normalized spacial score (nSPS) is 24.3. The van der Waals surface area contributed by atoms with Crippen molar-refractivity contribution in [1.29, 1.82) is 0 Å². The number of carbonyl (C=O) groups is 1. The van der Waals surface area contributed by atoms with Crippen LogP contribution in [0.5, 0.6) is 11.5 Å². The molecule has 1 aromatic rings. The lowest BCUT2D eigenvalue weighted by Gasteiger charge is -2.34. The van der Waals surface area contributed by atoms with Crippen LogP contribution in [-0.2, 0) is 20.7 Å². The topological polar surface area (TPSA) is 100 Å². The fourth-order valence-corrected chi connectivity index (χ4v) is 4.60. The molecule has 194 valence electrons. The summed E-state index contributed by atoms with van der Waals surface area (Å²) in [6.45, 7) is 7.84. The monoisotopic (exact) mass is 487 g/mol. The number of nitrogens with two attached hydrogens (primary N) is 1. The van der Waals surface area contributed by atoms with Crippen LogP contribution in [0, 0.1) is 11.8 Å². The molecule has 3 rings (SSSR count). The van der Waals surface area contributed by atoms with Crippen molar-refractivity contribution in [2.45, 2.75) is 64.5 Å². The van der Waals surface area contributed by atoms with Gasteiger partial charge in [0.25, 0.3) is 0 Å². The molecule has 1 aliphatic carbocycles. The molecule has 7 heteroatoms. The molecule has 7 nitrogen and oxygen atoms in total. The van der Waals surface area contributed by atoms with Crippen molar-refractivity contribution in [3.63, 3.8) is 0 Å². The van der Waals surface area contributed by atoms with Gasteiger partial charge in [-0.15, -0.1) is 0 Å². The van der Waals surface area contributed by atoms with Crippen LogP contribution in [0.2, 0.25) is 0 Å². The van der Waals surface area contributed by atoms with Crippen molar-refractivity contribution in [2.24, 2.45) is 17.6 Å². The predicted octanol–water partition coefficient (Wildman–Crippen LogP) is 3.97. The van der Waals surface area contributed by atoms with Gasteiger partial charge in [0.2, 0.25) is 0 Å². The Labute approximate surface area is 209 Å². The summed E-state index contributed by atoms with van der Waals surface area (Å²) in [4.78, 5) is 12.4. The highest BCUT2D eigenvalue weighted by Gasteiger charge is 2.46. The minimum absolute atomic E-state index is 0.0803. The van der Waals surface area contributed by atoms with Crippen LogP contribution in [0.3, 0.4) is 0 Å². The van der Waals surface area contributed by atoms with E-state index in [1.165, 1.54) is 5.57 Å². The van der Waals surface area contributed by atoms with Crippen LogP contribution in [0.25, 0.3) is 0 Å². The quantitative estimate of drug-likeness (QED) is 0.321. The second-order valence-corrected chi connectivity index (χ2v) is 9.96. The number of hydrogen-bond donors (Lipinski definition) is 2. The maximum Gasteiger partial charge on any atom is 0.309 e.